The lowest BCUT2D eigenvalue weighted by Crippen LogP contribution is -2.42. The van der Waals surface area contributed by atoms with E-state index in [1.165, 1.54) is 13.5 Å². The fourth-order valence-electron chi connectivity index (χ4n) is 2.49. The molecule has 2 rings (SSSR count). The summed E-state index contributed by atoms with van der Waals surface area (Å²) in [5.74, 6) is 0.875. The monoisotopic (exact) mass is 263 g/mol. The number of methoxy groups -OCH3 is 1. The molecule has 104 valence electrons. The number of esters is 1. The fourth-order valence-corrected chi connectivity index (χ4v) is 2.49. The van der Waals surface area contributed by atoms with Crippen molar-refractivity contribution in [1.82, 2.24) is 4.98 Å². The first-order valence-corrected chi connectivity index (χ1v) is 6.64. The topological polar surface area (TPSA) is 68.5 Å². The van der Waals surface area contributed by atoms with Gasteiger partial charge in [-0.25, -0.2) is 9.78 Å². The lowest BCUT2D eigenvalue weighted by Gasteiger charge is -2.38. The fraction of sp³-hybridized carbons (Fsp3) is 0.571. The van der Waals surface area contributed by atoms with Crippen LogP contribution in [0.1, 0.15) is 37.2 Å². The van der Waals surface area contributed by atoms with Gasteiger partial charge in [-0.3, -0.25) is 0 Å². The molecule has 0 aromatic carbocycles. The summed E-state index contributed by atoms with van der Waals surface area (Å²) < 4.78 is 4.71. The first-order valence-electron chi connectivity index (χ1n) is 6.64. The highest BCUT2D eigenvalue weighted by Gasteiger charge is 2.26. The van der Waals surface area contributed by atoms with Gasteiger partial charge in [-0.1, -0.05) is 6.92 Å². The van der Waals surface area contributed by atoms with Crippen molar-refractivity contribution in [2.75, 3.05) is 24.3 Å². The van der Waals surface area contributed by atoms with Crippen LogP contribution in [0.5, 0.6) is 0 Å². The maximum atomic E-state index is 11.6. The van der Waals surface area contributed by atoms with Gasteiger partial charge in [-0.05, 0) is 37.8 Å². The van der Waals surface area contributed by atoms with Crippen LogP contribution >= 0.6 is 0 Å². The summed E-state index contributed by atoms with van der Waals surface area (Å²) in [5, 5.41) is 0. The number of carbonyl (C=O) groups is 1. The summed E-state index contributed by atoms with van der Waals surface area (Å²) >= 11 is 0. The minimum atomic E-state index is -0.432. The minimum absolute atomic E-state index is 0.303. The average Bonchev–Trinajstić information content (AvgIpc) is 2.41. The molecule has 5 nitrogen and oxygen atoms in total. The molecular weight excluding hydrogens is 242 g/mol. The molecule has 0 bridgehead atoms. The zero-order chi connectivity index (χ0) is 14.0. The van der Waals surface area contributed by atoms with Crippen molar-refractivity contribution in [2.45, 2.75) is 32.7 Å². The van der Waals surface area contributed by atoms with Gasteiger partial charge < -0.3 is 15.4 Å². The van der Waals surface area contributed by atoms with Gasteiger partial charge in [0.2, 0.25) is 0 Å². The van der Waals surface area contributed by atoms with Crippen LogP contribution < -0.4 is 10.6 Å². The van der Waals surface area contributed by atoms with E-state index >= 15 is 0 Å². The molecule has 1 aliphatic rings. The molecule has 0 spiro atoms. The van der Waals surface area contributed by atoms with Crippen molar-refractivity contribution in [3.8, 4) is 0 Å². The second-order valence-electron chi connectivity index (χ2n) is 5.28. The van der Waals surface area contributed by atoms with E-state index in [0.29, 0.717) is 29.2 Å². The van der Waals surface area contributed by atoms with E-state index in [-0.39, 0.29) is 0 Å². The van der Waals surface area contributed by atoms with Crippen molar-refractivity contribution < 1.29 is 9.53 Å². The number of rotatable bonds is 2. The van der Waals surface area contributed by atoms with Crippen LogP contribution in [0.2, 0.25) is 0 Å². The molecule has 2 heterocycles. The number of carbonyl (C=O) groups excluding carboxylic acids is 1. The molecule has 0 saturated carbocycles. The maximum absolute atomic E-state index is 11.6. The van der Waals surface area contributed by atoms with E-state index in [4.69, 9.17) is 10.5 Å². The number of anilines is 2. The summed E-state index contributed by atoms with van der Waals surface area (Å²) in [6.07, 6.45) is 2.33. The predicted octanol–water partition coefficient (Wildman–Crippen LogP) is 2.08. The smallest absolute Gasteiger partial charge is 0.356 e. The molecule has 0 aliphatic carbocycles. The molecule has 2 unspecified atom stereocenters. The van der Waals surface area contributed by atoms with E-state index in [9.17, 15) is 4.79 Å². The van der Waals surface area contributed by atoms with Crippen molar-refractivity contribution in [3.05, 3.63) is 17.8 Å². The largest absolute Gasteiger partial charge is 0.464 e. The highest BCUT2D eigenvalue weighted by atomic mass is 16.5. The molecule has 1 aliphatic heterocycles. The zero-order valence-electron chi connectivity index (χ0n) is 11.7. The van der Waals surface area contributed by atoms with Gasteiger partial charge in [-0.2, -0.15) is 0 Å². The van der Waals surface area contributed by atoms with Crippen molar-refractivity contribution in [3.63, 3.8) is 0 Å². The quantitative estimate of drug-likeness (QED) is 0.827. The standard InChI is InChI=1S/C14H21N3O2/c1-9-4-5-10(2)17(8-9)13-11(15)6-7-12(16-13)14(18)19-3/h6-7,9-10H,4-5,8,15H2,1-3H3. The van der Waals surface area contributed by atoms with Crippen molar-refractivity contribution in [1.29, 1.82) is 0 Å². The number of nitrogens with two attached hydrogens (primary N) is 1. The predicted molar refractivity (Wildman–Crippen MR) is 75.2 cm³/mol. The van der Waals surface area contributed by atoms with E-state index in [1.54, 1.807) is 12.1 Å². The van der Waals surface area contributed by atoms with Crippen LogP contribution in [-0.4, -0.2) is 30.6 Å². The third-order valence-corrected chi connectivity index (χ3v) is 3.69. The normalized spacial score (nSPS) is 23.2. The SMILES string of the molecule is COC(=O)c1ccc(N)c(N2CC(C)CCC2C)n1. The number of nitrogen functional groups attached to an aromatic ring is 1. The lowest BCUT2D eigenvalue weighted by atomic mass is 9.95. The number of piperidine rings is 1. The van der Waals surface area contributed by atoms with E-state index in [2.05, 4.69) is 23.7 Å². The molecule has 1 saturated heterocycles. The Morgan fingerprint density at radius 3 is 2.84 bits per heavy atom. The molecule has 0 amide bonds. The number of ether oxygens (including phenoxy) is 1. The number of aromatic nitrogens is 1. The molecule has 1 aromatic heterocycles. The summed E-state index contributed by atoms with van der Waals surface area (Å²) in [5.41, 5.74) is 6.92. The summed E-state index contributed by atoms with van der Waals surface area (Å²) in [6, 6.07) is 3.71. The Morgan fingerprint density at radius 1 is 1.42 bits per heavy atom. The van der Waals surface area contributed by atoms with Gasteiger partial charge in [0.15, 0.2) is 11.5 Å². The molecule has 0 radical (unpaired) electrons. The number of pyridine rings is 1. The highest BCUT2D eigenvalue weighted by molar-refractivity contribution is 5.88. The zero-order valence-corrected chi connectivity index (χ0v) is 11.7. The van der Waals surface area contributed by atoms with Crippen LogP contribution in [-0.2, 0) is 4.74 Å². The lowest BCUT2D eigenvalue weighted by molar-refractivity contribution is 0.0594. The molecule has 2 N–H and O–H groups in total. The first-order chi connectivity index (χ1) is 9.02. The van der Waals surface area contributed by atoms with Gasteiger partial charge in [0.05, 0.1) is 12.8 Å². The second-order valence-corrected chi connectivity index (χ2v) is 5.28. The Kier molecular flexibility index (Phi) is 3.93. The van der Waals surface area contributed by atoms with Gasteiger partial charge in [-0.15, -0.1) is 0 Å². The Hall–Kier alpha value is -1.78. The van der Waals surface area contributed by atoms with Crippen LogP contribution in [0.15, 0.2) is 12.1 Å². The maximum Gasteiger partial charge on any atom is 0.356 e. The number of nitrogens with zero attached hydrogens (tertiary/aromatic N) is 2. The molecule has 5 heteroatoms. The average molecular weight is 263 g/mol. The van der Waals surface area contributed by atoms with Crippen molar-refractivity contribution >= 4 is 17.5 Å². The molecule has 2 atom stereocenters. The Morgan fingerprint density at radius 2 is 2.16 bits per heavy atom. The number of hydrogen-bond donors (Lipinski definition) is 1. The Bertz CT molecular complexity index is 476. The molecule has 1 fully saturated rings. The van der Waals surface area contributed by atoms with Crippen LogP contribution in [0.25, 0.3) is 0 Å². The first kappa shape index (κ1) is 13.6. The van der Waals surface area contributed by atoms with Gasteiger partial charge in [0.25, 0.3) is 0 Å². The number of hydrogen-bond acceptors (Lipinski definition) is 5. The van der Waals surface area contributed by atoms with Gasteiger partial charge >= 0.3 is 5.97 Å². The van der Waals surface area contributed by atoms with E-state index in [1.807, 2.05) is 0 Å². The van der Waals surface area contributed by atoms with Gasteiger partial charge in [0.1, 0.15) is 0 Å². The Balaban J connectivity index is 2.34. The Labute approximate surface area is 113 Å². The molecule has 1 aromatic rings. The minimum Gasteiger partial charge on any atom is -0.464 e. The van der Waals surface area contributed by atoms with E-state index < -0.39 is 5.97 Å². The van der Waals surface area contributed by atoms with Crippen molar-refractivity contribution in [2.24, 2.45) is 5.92 Å². The third kappa shape index (κ3) is 2.80. The highest BCUT2D eigenvalue weighted by Crippen LogP contribution is 2.30. The van der Waals surface area contributed by atoms with E-state index in [0.717, 1.165) is 13.0 Å². The van der Waals surface area contributed by atoms with Crippen LogP contribution in [0.4, 0.5) is 11.5 Å². The van der Waals surface area contributed by atoms with Gasteiger partial charge in [0, 0.05) is 12.6 Å². The molecule has 19 heavy (non-hydrogen) atoms. The third-order valence-electron chi connectivity index (χ3n) is 3.69. The summed E-state index contributed by atoms with van der Waals surface area (Å²) in [6.45, 7) is 5.31. The van der Waals surface area contributed by atoms with Crippen LogP contribution in [0, 0.1) is 5.92 Å². The second kappa shape index (κ2) is 5.47. The summed E-state index contributed by atoms with van der Waals surface area (Å²) in [4.78, 5) is 18.1. The van der Waals surface area contributed by atoms with Crippen LogP contribution in [0.3, 0.4) is 0 Å². The summed E-state index contributed by atoms with van der Waals surface area (Å²) in [7, 11) is 1.35. The molecular formula is C14H21N3O2.